The van der Waals surface area contributed by atoms with Crippen LogP contribution in [0.4, 0.5) is 0 Å². The van der Waals surface area contributed by atoms with Gasteiger partial charge in [0.25, 0.3) is 5.56 Å². The van der Waals surface area contributed by atoms with Crippen LogP contribution in [-0.2, 0) is 0 Å². The van der Waals surface area contributed by atoms with Crippen LogP contribution < -0.4 is 11.2 Å². The van der Waals surface area contributed by atoms with Crippen molar-refractivity contribution in [2.75, 3.05) is 0 Å². The molecule has 0 saturated carbocycles. The molecule has 1 heterocycles. The number of aliphatic hydroxyl groups excluding tert-OH is 1. The maximum atomic E-state index is 11.7. The van der Waals surface area contributed by atoms with Gasteiger partial charge in [0.2, 0.25) is 0 Å². The Morgan fingerprint density at radius 2 is 2.31 bits per heavy atom. The van der Waals surface area contributed by atoms with Gasteiger partial charge < -0.3 is 10.1 Å². The molecule has 0 radical (unpaired) electrons. The Labute approximate surface area is 92.1 Å². The number of rotatable bonds is 2. The van der Waals surface area contributed by atoms with Crippen LogP contribution in [0.25, 0.3) is 0 Å². The summed E-state index contributed by atoms with van der Waals surface area (Å²) in [5.74, 6) is -0.152. The minimum Gasteiger partial charge on any atom is -0.372 e. The van der Waals surface area contributed by atoms with Crippen LogP contribution in [0.5, 0.6) is 0 Å². The SMILES string of the molecule is Cc1c[nH]c(=O)n(C(O)C2C=CCC2)c1=O. The molecule has 0 fully saturated rings. The van der Waals surface area contributed by atoms with Gasteiger partial charge in [-0.2, -0.15) is 0 Å². The minimum atomic E-state index is -1.07. The van der Waals surface area contributed by atoms with Gasteiger partial charge in [-0.3, -0.25) is 4.79 Å². The van der Waals surface area contributed by atoms with E-state index in [0.29, 0.717) is 5.56 Å². The summed E-state index contributed by atoms with van der Waals surface area (Å²) >= 11 is 0. The Morgan fingerprint density at radius 3 is 2.94 bits per heavy atom. The molecule has 1 aromatic heterocycles. The Bertz CT molecular complexity index is 527. The fraction of sp³-hybridized carbons (Fsp3) is 0.455. The second-order valence-electron chi connectivity index (χ2n) is 4.03. The van der Waals surface area contributed by atoms with Gasteiger partial charge in [-0.15, -0.1) is 0 Å². The third kappa shape index (κ3) is 1.74. The number of allylic oxidation sites excluding steroid dienone is 1. The highest BCUT2D eigenvalue weighted by Crippen LogP contribution is 2.25. The van der Waals surface area contributed by atoms with E-state index in [1.807, 2.05) is 12.2 Å². The molecule has 0 spiro atoms. The number of nitrogens with zero attached hydrogens (tertiary/aromatic N) is 1. The molecule has 2 N–H and O–H groups in total. The van der Waals surface area contributed by atoms with Gasteiger partial charge in [0.1, 0.15) is 6.23 Å². The van der Waals surface area contributed by atoms with Crippen molar-refractivity contribution in [2.45, 2.75) is 26.0 Å². The molecule has 1 aliphatic carbocycles. The van der Waals surface area contributed by atoms with E-state index in [0.717, 1.165) is 17.4 Å². The number of nitrogens with one attached hydrogen (secondary N) is 1. The zero-order chi connectivity index (χ0) is 11.7. The van der Waals surface area contributed by atoms with E-state index < -0.39 is 17.5 Å². The number of aliphatic hydroxyl groups is 1. The van der Waals surface area contributed by atoms with E-state index in [2.05, 4.69) is 4.98 Å². The molecule has 2 rings (SSSR count). The molecule has 1 aliphatic rings. The normalized spacial score (nSPS) is 21.2. The van der Waals surface area contributed by atoms with Crippen molar-refractivity contribution >= 4 is 0 Å². The third-order valence-electron chi connectivity index (χ3n) is 2.88. The Balaban J connectivity index is 2.47. The van der Waals surface area contributed by atoms with Crippen molar-refractivity contribution in [3.05, 3.63) is 44.8 Å². The van der Waals surface area contributed by atoms with Gasteiger partial charge >= 0.3 is 5.69 Å². The first kappa shape index (κ1) is 10.9. The quantitative estimate of drug-likeness (QED) is 0.707. The lowest BCUT2D eigenvalue weighted by Gasteiger charge is -2.18. The van der Waals surface area contributed by atoms with Gasteiger partial charge in [0, 0.05) is 17.7 Å². The first-order valence-corrected chi connectivity index (χ1v) is 5.27. The number of hydrogen-bond donors (Lipinski definition) is 2. The van der Waals surface area contributed by atoms with Crippen molar-refractivity contribution < 1.29 is 5.11 Å². The van der Waals surface area contributed by atoms with E-state index in [4.69, 9.17) is 0 Å². The lowest BCUT2D eigenvalue weighted by molar-refractivity contribution is 0.0529. The number of H-pyrrole nitrogens is 1. The lowest BCUT2D eigenvalue weighted by Crippen LogP contribution is -2.40. The van der Waals surface area contributed by atoms with E-state index in [1.165, 1.54) is 6.20 Å². The molecule has 2 atom stereocenters. The summed E-state index contributed by atoms with van der Waals surface area (Å²) in [6, 6.07) is 0. The summed E-state index contributed by atoms with van der Waals surface area (Å²) in [5.41, 5.74) is -0.583. The molecule has 0 aromatic carbocycles. The molecule has 2 unspecified atom stereocenters. The molecule has 1 aromatic rings. The van der Waals surface area contributed by atoms with Crippen molar-refractivity contribution in [3.63, 3.8) is 0 Å². The summed E-state index contributed by atoms with van der Waals surface area (Å²) in [6.45, 7) is 1.60. The minimum absolute atomic E-state index is 0.152. The highest BCUT2D eigenvalue weighted by molar-refractivity contribution is 5.04. The van der Waals surface area contributed by atoms with Crippen molar-refractivity contribution in [3.8, 4) is 0 Å². The molecule has 0 aliphatic heterocycles. The average Bonchev–Trinajstić information content (AvgIpc) is 2.77. The number of aromatic amines is 1. The number of aromatic nitrogens is 2. The average molecular weight is 222 g/mol. The van der Waals surface area contributed by atoms with Gasteiger partial charge in [-0.1, -0.05) is 12.2 Å². The van der Waals surface area contributed by atoms with Crippen LogP contribution in [0.1, 0.15) is 24.6 Å². The van der Waals surface area contributed by atoms with Crippen LogP contribution >= 0.6 is 0 Å². The van der Waals surface area contributed by atoms with Gasteiger partial charge in [0.05, 0.1) is 0 Å². The second kappa shape index (κ2) is 4.09. The van der Waals surface area contributed by atoms with Crippen molar-refractivity contribution in [1.29, 1.82) is 0 Å². The third-order valence-corrected chi connectivity index (χ3v) is 2.88. The molecule has 5 nitrogen and oxygen atoms in total. The maximum absolute atomic E-state index is 11.7. The maximum Gasteiger partial charge on any atom is 0.330 e. The number of hydrogen-bond acceptors (Lipinski definition) is 3. The van der Waals surface area contributed by atoms with E-state index in [9.17, 15) is 14.7 Å². The van der Waals surface area contributed by atoms with E-state index >= 15 is 0 Å². The second-order valence-corrected chi connectivity index (χ2v) is 4.03. The Morgan fingerprint density at radius 1 is 1.56 bits per heavy atom. The summed E-state index contributed by atoms with van der Waals surface area (Å²) in [5, 5.41) is 10.00. The molecular weight excluding hydrogens is 208 g/mol. The molecule has 0 bridgehead atoms. The lowest BCUT2D eigenvalue weighted by atomic mass is 10.1. The molecule has 16 heavy (non-hydrogen) atoms. The molecule has 0 saturated heterocycles. The van der Waals surface area contributed by atoms with Crippen LogP contribution in [0.3, 0.4) is 0 Å². The standard InChI is InChI=1S/C11H14N2O3/c1-7-6-12-11(16)13(9(7)14)10(15)8-4-2-3-5-8/h2,4,6,8,10,15H,3,5H2,1H3,(H,12,16). The van der Waals surface area contributed by atoms with E-state index in [1.54, 1.807) is 6.92 Å². The fourth-order valence-corrected chi connectivity index (χ4v) is 1.92. The van der Waals surface area contributed by atoms with Crippen LogP contribution in [-0.4, -0.2) is 14.7 Å². The number of aryl methyl sites for hydroxylation is 1. The van der Waals surface area contributed by atoms with Gasteiger partial charge in [-0.05, 0) is 19.8 Å². The first-order chi connectivity index (χ1) is 7.61. The smallest absolute Gasteiger partial charge is 0.330 e. The topological polar surface area (TPSA) is 75.1 Å². The molecule has 5 heteroatoms. The van der Waals surface area contributed by atoms with Crippen LogP contribution in [0.2, 0.25) is 0 Å². The highest BCUT2D eigenvalue weighted by Gasteiger charge is 2.23. The van der Waals surface area contributed by atoms with E-state index in [-0.39, 0.29) is 5.92 Å². The predicted octanol–water partition coefficient (Wildman–Crippen LogP) is 0.302. The van der Waals surface area contributed by atoms with Crippen molar-refractivity contribution in [2.24, 2.45) is 5.92 Å². The summed E-state index contributed by atoms with van der Waals surface area (Å²) in [7, 11) is 0. The summed E-state index contributed by atoms with van der Waals surface area (Å²) in [6.07, 6.45) is 5.72. The fourth-order valence-electron chi connectivity index (χ4n) is 1.92. The molecule has 0 amide bonds. The predicted molar refractivity (Wildman–Crippen MR) is 59.2 cm³/mol. The monoisotopic (exact) mass is 222 g/mol. The summed E-state index contributed by atoms with van der Waals surface area (Å²) < 4.78 is 0.885. The molecule has 86 valence electrons. The largest absolute Gasteiger partial charge is 0.372 e. The first-order valence-electron chi connectivity index (χ1n) is 5.27. The Kier molecular flexibility index (Phi) is 2.78. The zero-order valence-electron chi connectivity index (χ0n) is 9.01. The van der Waals surface area contributed by atoms with Crippen molar-refractivity contribution in [1.82, 2.24) is 9.55 Å². The van der Waals surface area contributed by atoms with Gasteiger partial charge in [0.15, 0.2) is 0 Å². The summed E-state index contributed by atoms with van der Waals surface area (Å²) in [4.78, 5) is 25.7. The Hall–Kier alpha value is -1.62. The van der Waals surface area contributed by atoms with Crippen LogP contribution in [0.15, 0.2) is 27.9 Å². The molecular formula is C11H14N2O3. The van der Waals surface area contributed by atoms with Gasteiger partial charge in [-0.25, -0.2) is 9.36 Å². The van der Waals surface area contributed by atoms with Crippen LogP contribution in [0, 0.1) is 12.8 Å². The highest BCUT2D eigenvalue weighted by atomic mass is 16.3. The zero-order valence-corrected chi connectivity index (χ0v) is 9.01.